The second kappa shape index (κ2) is 2.78. The van der Waals surface area contributed by atoms with Crippen molar-refractivity contribution in [1.82, 2.24) is 0 Å². The van der Waals surface area contributed by atoms with Gasteiger partial charge >= 0.3 is 0 Å². The topological polar surface area (TPSA) is 0 Å². The van der Waals surface area contributed by atoms with Crippen molar-refractivity contribution in [2.75, 3.05) is 0 Å². The summed E-state index contributed by atoms with van der Waals surface area (Å²) in [6, 6.07) is 2.72. The van der Waals surface area contributed by atoms with E-state index in [1.807, 2.05) is 0 Å². The molecule has 0 unspecified atom stereocenters. The lowest BCUT2D eigenvalue weighted by atomic mass is 10.2. The van der Waals surface area contributed by atoms with Gasteiger partial charge < -0.3 is 0 Å². The molecule has 0 saturated carbocycles. The average Bonchev–Trinajstić information content (AvgIpc) is 2.48. The van der Waals surface area contributed by atoms with E-state index in [2.05, 4.69) is 15.9 Å². The molecule has 0 aliphatic heterocycles. The SMILES string of the molecule is Fc1cc(Br)c2sccc2c1F. The number of hydrogen-bond acceptors (Lipinski definition) is 1. The average molecular weight is 249 g/mol. The number of benzene rings is 1. The quantitative estimate of drug-likeness (QED) is 0.620. The number of halogens is 3. The van der Waals surface area contributed by atoms with Crippen molar-refractivity contribution < 1.29 is 8.78 Å². The molecule has 62 valence electrons. The molecule has 12 heavy (non-hydrogen) atoms. The molecule has 1 aromatic carbocycles. The Bertz CT molecular complexity index is 436. The second-order valence-electron chi connectivity index (χ2n) is 2.32. The van der Waals surface area contributed by atoms with E-state index in [0.717, 1.165) is 10.8 Å². The molecule has 0 bridgehead atoms. The molecule has 0 saturated heterocycles. The minimum absolute atomic E-state index is 0.340. The van der Waals surface area contributed by atoms with E-state index < -0.39 is 11.6 Å². The summed E-state index contributed by atoms with van der Waals surface area (Å²) in [5.41, 5.74) is 0. The van der Waals surface area contributed by atoms with Crippen LogP contribution in [0.15, 0.2) is 22.0 Å². The van der Waals surface area contributed by atoms with Gasteiger partial charge in [0.2, 0.25) is 0 Å². The summed E-state index contributed by atoms with van der Waals surface area (Å²) in [7, 11) is 0. The number of hydrogen-bond donors (Lipinski definition) is 0. The minimum Gasteiger partial charge on any atom is -0.204 e. The van der Waals surface area contributed by atoms with Crippen molar-refractivity contribution in [1.29, 1.82) is 0 Å². The van der Waals surface area contributed by atoms with E-state index in [0.29, 0.717) is 9.86 Å². The predicted octanol–water partition coefficient (Wildman–Crippen LogP) is 3.94. The molecule has 2 rings (SSSR count). The largest absolute Gasteiger partial charge is 0.204 e. The van der Waals surface area contributed by atoms with E-state index in [1.165, 1.54) is 11.3 Å². The molecule has 0 aliphatic rings. The van der Waals surface area contributed by atoms with E-state index in [9.17, 15) is 8.78 Å². The number of fused-ring (bicyclic) bond motifs is 1. The van der Waals surface area contributed by atoms with Gasteiger partial charge in [0.15, 0.2) is 11.6 Å². The first-order chi connectivity index (χ1) is 5.70. The van der Waals surface area contributed by atoms with Gasteiger partial charge in [0, 0.05) is 9.86 Å². The maximum absolute atomic E-state index is 13.0. The smallest absolute Gasteiger partial charge is 0.167 e. The first-order valence-corrected chi connectivity index (χ1v) is 4.88. The molecule has 1 heterocycles. The van der Waals surface area contributed by atoms with Gasteiger partial charge in [-0.3, -0.25) is 0 Å². The Balaban J connectivity index is 2.97. The molecule has 0 aliphatic carbocycles. The van der Waals surface area contributed by atoms with Crippen molar-refractivity contribution >= 4 is 37.4 Å². The first-order valence-electron chi connectivity index (χ1n) is 3.21. The Morgan fingerprint density at radius 1 is 1.33 bits per heavy atom. The van der Waals surface area contributed by atoms with Gasteiger partial charge in [-0.25, -0.2) is 8.78 Å². The van der Waals surface area contributed by atoms with Gasteiger partial charge in [-0.15, -0.1) is 11.3 Å². The summed E-state index contributed by atoms with van der Waals surface area (Å²) in [6.07, 6.45) is 0. The van der Waals surface area contributed by atoms with Crippen LogP contribution in [0.4, 0.5) is 8.78 Å². The standard InChI is InChI=1S/C8H3BrF2S/c9-5-3-6(10)7(11)4-1-2-12-8(4)5/h1-3H. The summed E-state index contributed by atoms with van der Waals surface area (Å²) in [4.78, 5) is 0. The molecule has 0 atom stereocenters. The molecule has 0 fully saturated rings. The Morgan fingerprint density at radius 2 is 2.08 bits per heavy atom. The molecule has 0 radical (unpaired) electrons. The summed E-state index contributed by atoms with van der Waals surface area (Å²) in [5.74, 6) is -1.58. The molecule has 0 N–H and O–H groups in total. The lowest BCUT2D eigenvalue weighted by Crippen LogP contribution is -1.83. The van der Waals surface area contributed by atoms with Crippen LogP contribution in [0, 0.1) is 11.6 Å². The molecule has 4 heteroatoms. The molecule has 0 amide bonds. The molecule has 2 aromatic rings. The van der Waals surface area contributed by atoms with Crippen LogP contribution in [0.25, 0.3) is 10.1 Å². The Labute approximate surface area is 80.0 Å². The van der Waals surface area contributed by atoms with Crippen LogP contribution in [0.5, 0.6) is 0 Å². The van der Waals surface area contributed by atoms with Crippen molar-refractivity contribution in [3.8, 4) is 0 Å². The van der Waals surface area contributed by atoms with Crippen molar-refractivity contribution in [2.45, 2.75) is 0 Å². The van der Waals surface area contributed by atoms with Crippen molar-refractivity contribution in [3.05, 3.63) is 33.6 Å². The zero-order valence-corrected chi connectivity index (χ0v) is 8.18. The Hall–Kier alpha value is -0.480. The van der Waals surface area contributed by atoms with Gasteiger partial charge in [-0.1, -0.05) is 0 Å². The molecule has 0 nitrogen and oxygen atoms in total. The molecule has 0 spiro atoms. The highest BCUT2D eigenvalue weighted by Gasteiger charge is 2.10. The van der Waals surface area contributed by atoms with Crippen LogP contribution in [0.2, 0.25) is 0 Å². The third-order valence-electron chi connectivity index (χ3n) is 1.58. The fraction of sp³-hybridized carbons (Fsp3) is 0. The van der Waals surface area contributed by atoms with Crippen LogP contribution in [0.1, 0.15) is 0 Å². The van der Waals surface area contributed by atoms with Gasteiger partial charge in [-0.05, 0) is 33.4 Å². The van der Waals surface area contributed by atoms with Crippen LogP contribution < -0.4 is 0 Å². The fourth-order valence-corrected chi connectivity index (χ4v) is 2.53. The highest BCUT2D eigenvalue weighted by atomic mass is 79.9. The van der Waals surface area contributed by atoms with Gasteiger partial charge in [0.05, 0.1) is 4.70 Å². The van der Waals surface area contributed by atoms with E-state index in [4.69, 9.17) is 0 Å². The third kappa shape index (κ3) is 1.06. The molecular formula is C8H3BrF2S. The monoisotopic (exact) mass is 248 g/mol. The molecular weight excluding hydrogens is 246 g/mol. The second-order valence-corrected chi connectivity index (χ2v) is 4.09. The summed E-state index contributed by atoms with van der Waals surface area (Å²) in [6.45, 7) is 0. The van der Waals surface area contributed by atoms with Crippen molar-refractivity contribution in [2.24, 2.45) is 0 Å². The maximum atomic E-state index is 13.0. The third-order valence-corrected chi connectivity index (χ3v) is 3.42. The fourth-order valence-electron chi connectivity index (χ4n) is 1.04. The summed E-state index contributed by atoms with van der Waals surface area (Å²) in [5, 5.41) is 2.07. The maximum Gasteiger partial charge on any atom is 0.167 e. The van der Waals surface area contributed by atoms with E-state index in [-0.39, 0.29) is 0 Å². The number of thiophene rings is 1. The lowest BCUT2D eigenvalue weighted by molar-refractivity contribution is 0.516. The Morgan fingerprint density at radius 3 is 2.83 bits per heavy atom. The summed E-state index contributed by atoms with van der Waals surface area (Å²) < 4.78 is 27.2. The zero-order chi connectivity index (χ0) is 8.72. The first kappa shape index (κ1) is 8.13. The normalized spacial score (nSPS) is 10.9. The highest BCUT2D eigenvalue weighted by Crippen LogP contribution is 2.32. The van der Waals surface area contributed by atoms with Gasteiger partial charge in [0.1, 0.15) is 0 Å². The molecule has 1 aromatic heterocycles. The van der Waals surface area contributed by atoms with Crippen LogP contribution in [-0.4, -0.2) is 0 Å². The van der Waals surface area contributed by atoms with Crippen LogP contribution in [-0.2, 0) is 0 Å². The zero-order valence-electron chi connectivity index (χ0n) is 5.77. The van der Waals surface area contributed by atoms with Crippen LogP contribution >= 0.6 is 27.3 Å². The van der Waals surface area contributed by atoms with E-state index >= 15 is 0 Å². The minimum atomic E-state index is -0.812. The summed E-state index contributed by atoms with van der Waals surface area (Å²) >= 11 is 4.55. The highest BCUT2D eigenvalue weighted by molar-refractivity contribution is 9.10. The van der Waals surface area contributed by atoms with E-state index in [1.54, 1.807) is 11.4 Å². The van der Waals surface area contributed by atoms with Crippen molar-refractivity contribution in [3.63, 3.8) is 0 Å². The lowest BCUT2D eigenvalue weighted by Gasteiger charge is -1.96. The van der Waals surface area contributed by atoms with Crippen LogP contribution in [0.3, 0.4) is 0 Å². The number of rotatable bonds is 0. The van der Waals surface area contributed by atoms with Gasteiger partial charge in [0.25, 0.3) is 0 Å². The Kier molecular flexibility index (Phi) is 1.88. The predicted molar refractivity (Wildman–Crippen MR) is 49.4 cm³/mol. The van der Waals surface area contributed by atoms with Gasteiger partial charge in [-0.2, -0.15) is 0 Å².